The lowest BCUT2D eigenvalue weighted by Gasteiger charge is -2.22. The molecule has 0 spiro atoms. The van der Waals surface area contributed by atoms with Crippen molar-refractivity contribution in [3.63, 3.8) is 0 Å². The monoisotopic (exact) mass is 334 g/mol. The first-order valence-corrected chi connectivity index (χ1v) is 9.04. The van der Waals surface area contributed by atoms with Crippen molar-refractivity contribution in [1.82, 2.24) is 14.9 Å². The summed E-state index contributed by atoms with van der Waals surface area (Å²) in [6.45, 7) is 5.60. The van der Waals surface area contributed by atoms with Crippen LogP contribution in [-0.2, 0) is 9.59 Å². The van der Waals surface area contributed by atoms with E-state index in [2.05, 4.69) is 29.1 Å². The molecule has 1 aromatic rings. The van der Waals surface area contributed by atoms with Gasteiger partial charge in [0.15, 0.2) is 0 Å². The Hall–Kier alpha value is -1.98. The van der Waals surface area contributed by atoms with E-state index < -0.39 is 11.8 Å². The molecule has 0 saturated carbocycles. The maximum atomic E-state index is 12.4. The number of aromatic nitrogens is 2. The molecule has 0 unspecified atom stereocenters. The predicted octanol–water partition coefficient (Wildman–Crippen LogP) is 3.40. The Bertz CT molecular complexity index is 467. The van der Waals surface area contributed by atoms with Crippen LogP contribution in [0.4, 0.5) is 5.69 Å². The van der Waals surface area contributed by atoms with Crippen LogP contribution in [0.1, 0.15) is 65.2 Å². The van der Waals surface area contributed by atoms with Gasteiger partial charge in [-0.25, -0.2) is 9.97 Å². The van der Waals surface area contributed by atoms with Gasteiger partial charge in [-0.2, -0.15) is 0 Å². The standard InChI is InChI=1S/C18H30N4O2/c1-3-5-7-9-11-22(12-10-8-6-4-2)18(24)17(23)21-16-13-19-15-20-14-16/h13-15H,3-12H2,1-2H3,(H,21,23). The summed E-state index contributed by atoms with van der Waals surface area (Å²) in [5.74, 6) is -1.08. The van der Waals surface area contributed by atoms with Crippen LogP contribution in [0.3, 0.4) is 0 Å². The minimum Gasteiger partial charge on any atom is -0.334 e. The van der Waals surface area contributed by atoms with Crippen LogP contribution in [0, 0.1) is 0 Å². The number of amides is 2. The molecule has 0 aromatic carbocycles. The van der Waals surface area contributed by atoms with Gasteiger partial charge < -0.3 is 10.2 Å². The van der Waals surface area contributed by atoms with Gasteiger partial charge in [0.1, 0.15) is 6.33 Å². The van der Waals surface area contributed by atoms with E-state index in [0.717, 1.165) is 51.4 Å². The quantitative estimate of drug-likeness (QED) is 0.497. The Labute approximate surface area is 145 Å². The number of rotatable bonds is 11. The molecule has 6 heteroatoms. The number of nitrogens with zero attached hydrogens (tertiary/aromatic N) is 3. The molecule has 6 nitrogen and oxygen atoms in total. The second kappa shape index (κ2) is 12.4. The third-order valence-corrected chi connectivity index (χ3v) is 3.86. The highest BCUT2D eigenvalue weighted by Gasteiger charge is 2.21. The summed E-state index contributed by atoms with van der Waals surface area (Å²) in [6.07, 6.45) is 13.0. The van der Waals surface area contributed by atoms with Crippen LogP contribution in [0.15, 0.2) is 18.7 Å². The summed E-state index contributed by atoms with van der Waals surface area (Å²) in [5, 5.41) is 2.57. The lowest BCUT2D eigenvalue weighted by Crippen LogP contribution is -2.41. The van der Waals surface area contributed by atoms with Gasteiger partial charge in [0.2, 0.25) is 0 Å². The van der Waals surface area contributed by atoms with Gasteiger partial charge in [-0.15, -0.1) is 0 Å². The van der Waals surface area contributed by atoms with Crippen molar-refractivity contribution in [2.45, 2.75) is 65.2 Å². The Morgan fingerprint density at radius 1 is 0.917 bits per heavy atom. The van der Waals surface area contributed by atoms with Crippen molar-refractivity contribution in [2.75, 3.05) is 18.4 Å². The SMILES string of the molecule is CCCCCCN(CCCCCC)C(=O)C(=O)Nc1cncnc1. The third kappa shape index (κ3) is 8.04. The first-order valence-electron chi connectivity index (χ1n) is 9.04. The van der Waals surface area contributed by atoms with E-state index in [9.17, 15) is 9.59 Å². The summed E-state index contributed by atoms with van der Waals surface area (Å²) in [6, 6.07) is 0. The Morgan fingerprint density at radius 2 is 1.46 bits per heavy atom. The highest BCUT2D eigenvalue weighted by molar-refractivity contribution is 6.39. The van der Waals surface area contributed by atoms with E-state index in [4.69, 9.17) is 0 Å². The average Bonchev–Trinajstić information content (AvgIpc) is 2.60. The van der Waals surface area contributed by atoms with Gasteiger partial charge in [0, 0.05) is 13.1 Å². The topological polar surface area (TPSA) is 75.2 Å². The van der Waals surface area contributed by atoms with E-state index in [0.29, 0.717) is 18.8 Å². The Morgan fingerprint density at radius 3 is 1.96 bits per heavy atom. The first kappa shape index (κ1) is 20.1. The number of nitrogens with one attached hydrogen (secondary N) is 1. The van der Waals surface area contributed by atoms with Crippen molar-refractivity contribution in [3.05, 3.63) is 18.7 Å². The van der Waals surface area contributed by atoms with Crippen molar-refractivity contribution in [3.8, 4) is 0 Å². The molecule has 0 aliphatic carbocycles. The zero-order chi connectivity index (χ0) is 17.6. The third-order valence-electron chi connectivity index (χ3n) is 3.86. The van der Waals surface area contributed by atoms with E-state index in [1.165, 1.54) is 18.7 Å². The first-order chi connectivity index (χ1) is 11.7. The molecule has 0 bridgehead atoms. The molecule has 1 rings (SSSR count). The number of anilines is 1. The van der Waals surface area contributed by atoms with Crippen LogP contribution < -0.4 is 5.32 Å². The minimum absolute atomic E-state index is 0.438. The summed E-state index contributed by atoms with van der Waals surface area (Å²) in [7, 11) is 0. The number of hydrogen-bond donors (Lipinski definition) is 1. The average molecular weight is 334 g/mol. The molecule has 0 aliphatic heterocycles. The highest BCUT2D eigenvalue weighted by Crippen LogP contribution is 2.07. The van der Waals surface area contributed by atoms with E-state index in [-0.39, 0.29) is 0 Å². The zero-order valence-electron chi connectivity index (χ0n) is 15.0. The summed E-state index contributed by atoms with van der Waals surface area (Å²) in [4.78, 5) is 34.0. The van der Waals surface area contributed by atoms with Gasteiger partial charge in [0.05, 0.1) is 18.1 Å². The molecule has 0 fully saturated rings. The molecule has 2 amide bonds. The van der Waals surface area contributed by atoms with Gasteiger partial charge in [-0.05, 0) is 12.8 Å². The lowest BCUT2D eigenvalue weighted by atomic mass is 10.1. The fourth-order valence-corrected chi connectivity index (χ4v) is 2.47. The number of unbranched alkanes of at least 4 members (excludes halogenated alkanes) is 6. The van der Waals surface area contributed by atoms with Gasteiger partial charge >= 0.3 is 11.8 Å². The fraction of sp³-hybridized carbons (Fsp3) is 0.667. The van der Waals surface area contributed by atoms with E-state index in [1.54, 1.807) is 4.90 Å². The largest absolute Gasteiger partial charge is 0.334 e. The molecule has 0 radical (unpaired) electrons. The van der Waals surface area contributed by atoms with E-state index >= 15 is 0 Å². The second-order valence-corrected chi connectivity index (χ2v) is 5.99. The minimum atomic E-state index is -0.615. The van der Waals surface area contributed by atoms with Gasteiger partial charge in [-0.3, -0.25) is 9.59 Å². The molecule has 1 heterocycles. The summed E-state index contributed by atoms with van der Waals surface area (Å²) >= 11 is 0. The van der Waals surface area contributed by atoms with E-state index in [1.807, 2.05) is 0 Å². The second-order valence-electron chi connectivity index (χ2n) is 5.99. The molecular weight excluding hydrogens is 304 g/mol. The maximum Gasteiger partial charge on any atom is 0.313 e. The van der Waals surface area contributed by atoms with Crippen LogP contribution in [0.25, 0.3) is 0 Å². The Kier molecular flexibility index (Phi) is 10.4. The smallest absolute Gasteiger partial charge is 0.313 e. The van der Waals surface area contributed by atoms with Crippen LogP contribution >= 0.6 is 0 Å². The molecule has 1 aromatic heterocycles. The molecule has 134 valence electrons. The molecule has 0 saturated heterocycles. The number of carbonyl (C=O) groups excluding carboxylic acids is 2. The molecule has 0 aliphatic rings. The molecule has 1 N–H and O–H groups in total. The van der Waals surface area contributed by atoms with Crippen molar-refractivity contribution in [1.29, 1.82) is 0 Å². The van der Waals surface area contributed by atoms with Gasteiger partial charge in [0.25, 0.3) is 0 Å². The molecular formula is C18H30N4O2. The Balaban J connectivity index is 2.54. The summed E-state index contributed by atoms with van der Waals surface area (Å²) in [5.41, 5.74) is 0.438. The van der Waals surface area contributed by atoms with Crippen LogP contribution in [0.2, 0.25) is 0 Å². The number of hydrogen-bond acceptors (Lipinski definition) is 4. The zero-order valence-corrected chi connectivity index (χ0v) is 15.0. The van der Waals surface area contributed by atoms with Crippen molar-refractivity contribution < 1.29 is 9.59 Å². The highest BCUT2D eigenvalue weighted by atomic mass is 16.2. The van der Waals surface area contributed by atoms with Crippen molar-refractivity contribution in [2.24, 2.45) is 0 Å². The molecule has 0 atom stereocenters. The summed E-state index contributed by atoms with van der Waals surface area (Å²) < 4.78 is 0. The molecule has 24 heavy (non-hydrogen) atoms. The fourth-order valence-electron chi connectivity index (χ4n) is 2.47. The normalized spacial score (nSPS) is 10.4. The van der Waals surface area contributed by atoms with Gasteiger partial charge in [-0.1, -0.05) is 52.4 Å². The maximum absolute atomic E-state index is 12.4. The van der Waals surface area contributed by atoms with Crippen molar-refractivity contribution >= 4 is 17.5 Å². The van der Waals surface area contributed by atoms with Crippen LogP contribution in [0.5, 0.6) is 0 Å². The predicted molar refractivity (Wildman–Crippen MR) is 95.5 cm³/mol. The number of carbonyl (C=O) groups is 2. The van der Waals surface area contributed by atoms with Crippen LogP contribution in [-0.4, -0.2) is 39.8 Å². The lowest BCUT2D eigenvalue weighted by molar-refractivity contribution is -0.143.